The quantitative estimate of drug-likeness (QED) is 0.234. The van der Waals surface area contributed by atoms with Crippen LogP contribution in [0.15, 0.2) is 48.1 Å². The normalized spacial score (nSPS) is 13.5. The number of hydrogen-bond acceptors (Lipinski definition) is 4. The van der Waals surface area contributed by atoms with Crippen molar-refractivity contribution >= 4 is 39.5 Å². The van der Waals surface area contributed by atoms with Crippen LogP contribution in [0.2, 0.25) is 4.34 Å². The molecule has 8 heteroatoms. The Morgan fingerprint density at radius 1 is 1.30 bits per heavy atom. The molecule has 0 aliphatic rings. The molecule has 0 aliphatic heterocycles. The summed E-state index contributed by atoms with van der Waals surface area (Å²) in [5.74, 6) is 0.191. The van der Waals surface area contributed by atoms with Crippen LogP contribution in [0, 0.1) is 5.92 Å². The van der Waals surface area contributed by atoms with E-state index in [1.165, 1.54) is 12.5 Å². The minimum atomic E-state index is -4.43. The summed E-state index contributed by atoms with van der Waals surface area (Å²) < 4.78 is 41.8. The third kappa shape index (κ3) is 8.31. The van der Waals surface area contributed by atoms with Gasteiger partial charge in [-0.3, -0.25) is 4.99 Å². The van der Waals surface area contributed by atoms with Crippen LogP contribution in [-0.2, 0) is 12.6 Å². The number of benzene rings is 1. The van der Waals surface area contributed by atoms with E-state index in [1.807, 2.05) is 13.8 Å². The van der Waals surface area contributed by atoms with Gasteiger partial charge in [0, 0.05) is 11.9 Å². The maximum atomic E-state index is 13.8. The van der Waals surface area contributed by atoms with Crippen LogP contribution in [0.5, 0.6) is 0 Å². The number of rotatable bonds is 12. The summed E-state index contributed by atoms with van der Waals surface area (Å²) in [6.07, 6.45) is 6.27. The number of hydrogen-bond donors (Lipinski definition) is 1. The van der Waals surface area contributed by atoms with Crippen molar-refractivity contribution in [3.63, 3.8) is 0 Å². The monoisotopic (exact) mass is 497 g/mol. The predicted molar refractivity (Wildman–Crippen MR) is 135 cm³/mol. The van der Waals surface area contributed by atoms with Crippen LogP contribution in [0.4, 0.5) is 24.0 Å². The van der Waals surface area contributed by atoms with Crippen LogP contribution < -0.4 is 5.32 Å². The van der Waals surface area contributed by atoms with E-state index in [0.717, 1.165) is 43.1 Å². The molecular weight excluding hydrogens is 467 g/mol. The number of nitrogens with one attached hydrogen (secondary N) is 1. The number of nitrogens with zero attached hydrogens (tertiary/aromatic N) is 2. The second-order valence-corrected chi connectivity index (χ2v) is 9.60. The van der Waals surface area contributed by atoms with E-state index in [9.17, 15) is 13.2 Å². The van der Waals surface area contributed by atoms with Gasteiger partial charge in [0.25, 0.3) is 0 Å². The van der Waals surface area contributed by atoms with Gasteiger partial charge in [-0.15, -0.1) is 0 Å². The zero-order valence-electron chi connectivity index (χ0n) is 19.3. The molecular formula is C25H31ClF3N3S. The highest BCUT2D eigenvalue weighted by molar-refractivity contribution is 7.19. The first kappa shape index (κ1) is 27.1. The molecule has 0 spiro atoms. The van der Waals surface area contributed by atoms with Crippen molar-refractivity contribution in [3.8, 4) is 0 Å². The number of anilines is 2. The summed E-state index contributed by atoms with van der Waals surface area (Å²) in [5.41, 5.74) is 0.936. The van der Waals surface area contributed by atoms with E-state index < -0.39 is 11.7 Å². The minimum Gasteiger partial charge on any atom is -0.331 e. The van der Waals surface area contributed by atoms with Crippen LogP contribution >= 0.6 is 22.9 Å². The van der Waals surface area contributed by atoms with Gasteiger partial charge in [-0.1, -0.05) is 87.6 Å². The maximum Gasteiger partial charge on any atom is 0.416 e. The lowest BCUT2D eigenvalue weighted by Crippen LogP contribution is -2.12. The lowest BCUT2D eigenvalue weighted by Gasteiger charge is -2.18. The average Bonchev–Trinajstić information content (AvgIpc) is 3.12. The first-order chi connectivity index (χ1) is 15.7. The molecule has 0 aliphatic carbocycles. The summed E-state index contributed by atoms with van der Waals surface area (Å²) in [7, 11) is 0. The van der Waals surface area contributed by atoms with Gasteiger partial charge in [0.1, 0.15) is 10.0 Å². The van der Waals surface area contributed by atoms with Crippen molar-refractivity contribution in [1.82, 2.24) is 4.98 Å². The Bertz CT molecular complexity index is 980. The van der Waals surface area contributed by atoms with Crippen molar-refractivity contribution in [2.75, 3.05) is 5.32 Å². The van der Waals surface area contributed by atoms with E-state index in [2.05, 4.69) is 28.8 Å². The van der Waals surface area contributed by atoms with E-state index >= 15 is 0 Å². The predicted octanol–water partition coefficient (Wildman–Crippen LogP) is 9.22. The van der Waals surface area contributed by atoms with Gasteiger partial charge in [-0.25, -0.2) is 4.98 Å². The number of unbranched alkanes of at least 4 members (excludes halogenated alkanes) is 3. The number of aromatic nitrogens is 1. The van der Waals surface area contributed by atoms with Crippen molar-refractivity contribution < 1.29 is 13.2 Å². The summed E-state index contributed by atoms with van der Waals surface area (Å²) in [6.45, 7) is 9.71. The molecule has 0 bridgehead atoms. The number of allylic oxidation sites excluding steroid dienone is 2. The SMILES string of the molecule is C=CC(=N/C=C\C)c1nc(Nc2ccc(C[C@@H](C)CCCCCC)c(C(F)(F)F)c2)sc1Cl. The molecule has 1 atom stereocenters. The van der Waals surface area contributed by atoms with Gasteiger partial charge >= 0.3 is 6.18 Å². The third-order valence-corrected chi connectivity index (χ3v) is 6.34. The van der Waals surface area contributed by atoms with E-state index in [4.69, 9.17) is 11.6 Å². The highest BCUT2D eigenvalue weighted by Gasteiger charge is 2.34. The second-order valence-electron chi connectivity index (χ2n) is 8.00. The first-order valence-corrected chi connectivity index (χ1v) is 12.3. The summed E-state index contributed by atoms with van der Waals surface area (Å²) in [4.78, 5) is 8.63. The van der Waals surface area contributed by atoms with Gasteiger partial charge in [-0.2, -0.15) is 13.2 Å². The Morgan fingerprint density at radius 3 is 2.70 bits per heavy atom. The molecule has 1 aromatic carbocycles. The Kier molecular flexibility index (Phi) is 10.6. The second kappa shape index (κ2) is 12.9. The van der Waals surface area contributed by atoms with E-state index in [1.54, 1.807) is 24.4 Å². The van der Waals surface area contributed by atoms with Crippen LogP contribution in [0.3, 0.4) is 0 Å². The molecule has 2 aromatic rings. The van der Waals surface area contributed by atoms with Crippen LogP contribution in [-0.4, -0.2) is 10.7 Å². The Morgan fingerprint density at radius 2 is 2.06 bits per heavy atom. The molecule has 1 aromatic heterocycles. The molecule has 33 heavy (non-hydrogen) atoms. The molecule has 0 saturated carbocycles. The molecule has 0 fully saturated rings. The van der Waals surface area contributed by atoms with Crippen molar-refractivity contribution in [2.24, 2.45) is 10.9 Å². The van der Waals surface area contributed by atoms with E-state index in [0.29, 0.717) is 38.5 Å². The lowest BCUT2D eigenvalue weighted by molar-refractivity contribution is -0.138. The Labute approximate surface area is 203 Å². The summed E-state index contributed by atoms with van der Waals surface area (Å²) >= 11 is 7.43. The molecule has 1 N–H and O–H groups in total. The summed E-state index contributed by atoms with van der Waals surface area (Å²) in [5, 5.41) is 3.34. The molecule has 180 valence electrons. The zero-order valence-corrected chi connectivity index (χ0v) is 20.9. The Balaban J connectivity index is 2.22. The molecule has 0 saturated heterocycles. The van der Waals surface area contributed by atoms with E-state index in [-0.39, 0.29) is 5.92 Å². The molecule has 2 rings (SSSR count). The third-order valence-electron chi connectivity index (χ3n) is 5.17. The standard InChI is InChI=1S/C25H31ClF3N3S/c1-5-8-9-10-11-17(4)15-18-12-13-19(16-20(18)25(27,28)29)31-24-32-22(23(26)33-24)21(7-3)30-14-6-2/h6-7,12-14,16-17H,3,5,8-11,15H2,1-2,4H3,(H,31,32)/b14-6-,30-21?/t17-/m0/s1. The largest absolute Gasteiger partial charge is 0.416 e. The van der Waals surface area contributed by atoms with Gasteiger partial charge in [0.2, 0.25) is 0 Å². The van der Waals surface area contributed by atoms with Crippen molar-refractivity contribution in [1.29, 1.82) is 0 Å². The molecule has 0 amide bonds. The fourth-order valence-electron chi connectivity index (χ4n) is 3.49. The lowest BCUT2D eigenvalue weighted by atomic mass is 9.92. The maximum absolute atomic E-state index is 13.8. The molecule has 1 heterocycles. The van der Waals surface area contributed by atoms with Crippen molar-refractivity contribution in [2.45, 2.75) is 65.5 Å². The highest BCUT2D eigenvalue weighted by Crippen LogP contribution is 2.37. The van der Waals surface area contributed by atoms with Crippen LogP contribution in [0.25, 0.3) is 0 Å². The number of thiazole rings is 1. The van der Waals surface area contributed by atoms with Crippen LogP contribution in [0.1, 0.15) is 69.7 Å². The van der Waals surface area contributed by atoms with Gasteiger partial charge in [0.15, 0.2) is 5.13 Å². The topological polar surface area (TPSA) is 37.3 Å². The number of alkyl halides is 3. The zero-order chi connectivity index (χ0) is 24.4. The fourth-order valence-corrected chi connectivity index (χ4v) is 4.58. The highest BCUT2D eigenvalue weighted by atomic mass is 35.5. The van der Waals surface area contributed by atoms with Crippen molar-refractivity contribution in [3.05, 3.63) is 64.3 Å². The number of halogens is 4. The minimum absolute atomic E-state index is 0.191. The van der Waals surface area contributed by atoms with Gasteiger partial charge in [0.05, 0.1) is 11.3 Å². The molecule has 0 radical (unpaired) electrons. The fraction of sp³-hybridized carbons (Fsp3) is 0.440. The first-order valence-electron chi connectivity index (χ1n) is 11.1. The molecule has 0 unspecified atom stereocenters. The number of aliphatic imine (C=N–C) groups is 1. The summed E-state index contributed by atoms with van der Waals surface area (Å²) in [6, 6.07) is 4.37. The van der Waals surface area contributed by atoms with Gasteiger partial charge < -0.3 is 5.32 Å². The average molecular weight is 498 g/mol. The Hall–Kier alpha value is -2.12. The molecule has 3 nitrogen and oxygen atoms in total. The van der Waals surface area contributed by atoms with Gasteiger partial charge in [-0.05, 0) is 43.0 Å². The smallest absolute Gasteiger partial charge is 0.331 e.